The van der Waals surface area contributed by atoms with Crippen LogP contribution in [0.4, 0.5) is 18.9 Å². The van der Waals surface area contributed by atoms with Gasteiger partial charge in [-0.05, 0) is 23.9 Å². The molecular weight excluding hydrogens is 360 g/mol. The number of nitrogen functional groups attached to an aromatic ring is 1. The molecule has 0 aliphatic carbocycles. The van der Waals surface area contributed by atoms with Gasteiger partial charge in [0.2, 0.25) is 10.0 Å². The molecule has 0 radical (unpaired) electrons. The second-order valence-electron chi connectivity index (χ2n) is 3.47. The van der Waals surface area contributed by atoms with Gasteiger partial charge in [0.05, 0.1) is 15.7 Å². The van der Waals surface area contributed by atoms with Gasteiger partial charge < -0.3 is 5.73 Å². The first-order valence-electron chi connectivity index (χ1n) is 4.98. The predicted octanol–water partition coefficient (Wildman–Crippen LogP) is 3.11. The van der Waals surface area contributed by atoms with Gasteiger partial charge in [-0.25, -0.2) is 13.1 Å². The largest absolute Gasteiger partial charge is 0.441 e. The van der Waals surface area contributed by atoms with Gasteiger partial charge in [-0.3, -0.25) is 0 Å². The lowest BCUT2D eigenvalue weighted by Crippen LogP contribution is -2.27. The molecular formula is C9H9Cl2F3N2O2S2. The second-order valence-corrected chi connectivity index (χ2v) is 7.15. The maximum Gasteiger partial charge on any atom is 0.441 e. The number of benzene rings is 1. The molecule has 0 spiro atoms. The van der Waals surface area contributed by atoms with Crippen LogP contribution in [0.2, 0.25) is 10.0 Å². The molecule has 0 unspecified atom stereocenters. The second kappa shape index (κ2) is 6.61. The van der Waals surface area contributed by atoms with Gasteiger partial charge in [-0.1, -0.05) is 23.2 Å². The third-order valence-corrected chi connectivity index (χ3v) is 5.13. The molecule has 4 nitrogen and oxygen atoms in total. The number of rotatable bonds is 5. The molecule has 0 amide bonds. The van der Waals surface area contributed by atoms with E-state index in [1.165, 1.54) is 6.07 Å². The fourth-order valence-corrected chi connectivity index (χ4v) is 3.54. The highest BCUT2D eigenvalue weighted by Crippen LogP contribution is 2.33. The lowest BCUT2D eigenvalue weighted by atomic mass is 10.3. The van der Waals surface area contributed by atoms with E-state index in [4.69, 9.17) is 28.9 Å². The number of nitrogens with one attached hydrogen (secondary N) is 1. The molecule has 0 heterocycles. The Kier molecular flexibility index (Phi) is 5.85. The molecule has 0 aliphatic rings. The Bertz CT molecular complexity index is 594. The van der Waals surface area contributed by atoms with E-state index >= 15 is 0 Å². The SMILES string of the molecule is Nc1c(Cl)ccc(S(=O)(=O)NCCSC(F)(F)F)c1Cl. The highest BCUT2D eigenvalue weighted by molar-refractivity contribution is 8.00. The molecule has 20 heavy (non-hydrogen) atoms. The maximum atomic E-state index is 11.9. The quantitative estimate of drug-likeness (QED) is 0.618. The van der Waals surface area contributed by atoms with E-state index in [2.05, 4.69) is 0 Å². The first-order valence-corrected chi connectivity index (χ1v) is 8.21. The molecule has 0 atom stereocenters. The summed E-state index contributed by atoms with van der Waals surface area (Å²) in [7, 11) is -4.05. The van der Waals surface area contributed by atoms with Gasteiger partial charge in [-0.15, -0.1) is 0 Å². The summed E-state index contributed by atoms with van der Waals surface area (Å²) in [5.41, 5.74) is 0.963. The van der Waals surface area contributed by atoms with Crippen LogP contribution in [0.25, 0.3) is 0 Å². The number of thioether (sulfide) groups is 1. The van der Waals surface area contributed by atoms with E-state index < -0.39 is 27.8 Å². The van der Waals surface area contributed by atoms with Gasteiger partial charge in [0.1, 0.15) is 4.90 Å². The Hall–Kier alpha value is -0.350. The van der Waals surface area contributed by atoms with Crippen molar-refractivity contribution >= 4 is 50.7 Å². The fraction of sp³-hybridized carbons (Fsp3) is 0.333. The summed E-state index contributed by atoms with van der Waals surface area (Å²) < 4.78 is 61.4. The van der Waals surface area contributed by atoms with Crippen molar-refractivity contribution in [3.8, 4) is 0 Å². The summed E-state index contributed by atoms with van der Waals surface area (Å²) in [5, 5.41) is -0.185. The highest BCUT2D eigenvalue weighted by Gasteiger charge is 2.28. The third-order valence-electron chi connectivity index (χ3n) is 2.04. The molecule has 0 fully saturated rings. The number of sulfonamides is 1. The number of nitrogens with two attached hydrogens (primary N) is 1. The van der Waals surface area contributed by atoms with Gasteiger partial charge in [0.25, 0.3) is 0 Å². The lowest BCUT2D eigenvalue weighted by molar-refractivity contribution is -0.0327. The van der Waals surface area contributed by atoms with E-state index in [-0.39, 0.29) is 32.4 Å². The van der Waals surface area contributed by atoms with Crippen LogP contribution < -0.4 is 10.5 Å². The molecule has 3 N–H and O–H groups in total. The summed E-state index contributed by atoms with van der Waals surface area (Å²) in [5.74, 6) is -0.455. The molecule has 1 aromatic rings. The minimum absolute atomic E-state index is 0.0848. The van der Waals surface area contributed by atoms with Crippen molar-refractivity contribution in [2.45, 2.75) is 10.4 Å². The van der Waals surface area contributed by atoms with Crippen LogP contribution in [0.3, 0.4) is 0 Å². The highest BCUT2D eigenvalue weighted by atomic mass is 35.5. The zero-order chi connectivity index (χ0) is 15.6. The molecule has 0 bridgehead atoms. The number of alkyl halides is 3. The first-order chi connectivity index (χ1) is 9.04. The van der Waals surface area contributed by atoms with Crippen LogP contribution in [-0.4, -0.2) is 26.2 Å². The molecule has 0 aliphatic heterocycles. The summed E-state index contributed by atoms with van der Waals surface area (Å²) >= 11 is 11.1. The maximum absolute atomic E-state index is 11.9. The number of halogens is 5. The topological polar surface area (TPSA) is 72.2 Å². The Morgan fingerprint density at radius 2 is 1.90 bits per heavy atom. The van der Waals surface area contributed by atoms with Crippen molar-refractivity contribution in [2.24, 2.45) is 0 Å². The average molecular weight is 369 g/mol. The Morgan fingerprint density at radius 1 is 1.30 bits per heavy atom. The zero-order valence-electron chi connectivity index (χ0n) is 9.67. The summed E-state index contributed by atoms with van der Waals surface area (Å²) in [6.07, 6.45) is 0. The molecule has 0 saturated carbocycles. The normalized spacial score (nSPS) is 12.7. The number of hydrogen-bond donors (Lipinski definition) is 2. The lowest BCUT2D eigenvalue weighted by Gasteiger charge is -2.11. The average Bonchev–Trinajstić information content (AvgIpc) is 2.30. The molecule has 114 valence electrons. The monoisotopic (exact) mass is 368 g/mol. The minimum atomic E-state index is -4.41. The van der Waals surface area contributed by atoms with Gasteiger partial charge in [0, 0.05) is 12.3 Å². The van der Waals surface area contributed by atoms with Crippen molar-refractivity contribution in [1.82, 2.24) is 4.72 Å². The Morgan fingerprint density at radius 3 is 2.45 bits per heavy atom. The predicted molar refractivity (Wildman–Crippen MR) is 74.6 cm³/mol. The Labute approximate surface area is 127 Å². The minimum Gasteiger partial charge on any atom is -0.396 e. The zero-order valence-corrected chi connectivity index (χ0v) is 12.8. The molecule has 1 rings (SSSR count). The van der Waals surface area contributed by atoms with E-state index in [1.807, 2.05) is 4.72 Å². The van der Waals surface area contributed by atoms with E-state index in [1.54, 1.807) is 0 Å². The smallest absolute Gasteiger partial charge is 0.396 e. The third kappa shape index (κ3) is 4.88. The van der Waals surface area contributed by atoms with Crippen LogP contribution in [0.5, 0.6) is 0 Å². The van der Waals surface area contributed by atoms with Crippen LogP contribution in [0, 0.1) is 0 Å². The standard InChI is InChI=1S/C9H9Cl2F3N2O2S2/c10-5-1-2-6(7(11)8(5)15)20(17,18)16-3-4-19-9(12,13)14/h1-2,16H,3-4,15H2. The van der Waals surface area contributed by atoms with Crippen molar-refractivity contribution in [1.29, 1.82) is 0 Å². The summed E-state index contributed by atoms with van der Waals surface area (Å²) in [4.78, 5) is -0.335. The molecule has 11 heteroatoms. The van der Waals surface area contributed by atoms with Crippen LogP contribution >= 0.6 is 35.0 Å². The number of anilines is 1. The summed E-state index contributed by atoms with van der Waals surface area (Å²) in [6.45, 7) is -0.397. The van der Waals surface area contributed by atoms with Crippen LogP contribution in [-0.2, 0) is 10.0 Å². The molecule has 0 aromatic heterocycles. The molecule has 0 saturated heterocycles. The van der Waals surface area contributed by atoms with Crippen LogP contribution in [0.15, 0.2) is 17.0 Å². The number of hydrogen-bond acceptors (Lipinski definition) is 4. The first kappa shape index (κ1) is 17.7. The molecule has 1 aromatic carbocycles. The van der Waals surface area contributed by atoms with Crippen molar-refractivity contribution in [2.75, 3.05) is 18.0 Å². The van der Waals surface area contributed by atoms with Crippen molar-refractivity contribution in [3.05, 3.63) is 22.2 Å². The van der Waals surface area contributed by atoms with E-state index in [9.17, 15) is 21.6 Å². The van der Waals surface area contributed by atoms with Crippen LogP contribution in [0.1, 0.15) is 0 Å². The van der Waals surface area contributed by atoms with Gasteiger partial charge in [0.15, 0.2) is 0 Å². The summed E-state index contributed by atoms with van der Waals surface area (Å²) in [6, 6.07) is 2.36. The van der Waals surface area contributed by atoms with Crippen molar-refractivity contribution in [3.63, 3.8) is 0 Å². The van der Waals surface area contributed by atoms with E-state index in [0.717, 1.165) is 6.07 Å². The Balaban J connectivity index is 2.78. The fourth-order valence-electron chi connectivity index (χ4n) is 1.18. The van der Waals surface area contributed by atoms with Crippen molar-refractivity contribution < 1.29 is 21.6 Å². The van der Waals surface area contributed by atoms with Gasteiger partial charge in [-0.2, -0.15) is 13.2 Å². The van der Waals surface area contributed by atoms with Gasteiger partial charge >= 0.3 is 5.51 Å². The van der Waals surface area contributed by atoms with E-state index in [0.29, 0.717) is 0 Å².